The number of hydrogen-bond acceptors (Lipinski definition) is 4. The Bertz CT molecular complexity index is 610. The summed E-state index contributed by atoms with van der Waals surface area (Å²) in [7, 11) is 1.30. The van der Waals surface area contributed by atoms with E-state index in [1.807, 2.05) is 17.5 Å². The van der Waals surface area contributed by atoms with E-state index in [1.165, 1.54) is 42.7 Å². The standard InChI is InChI=1S/C15H14FNO3S/c1-20-14(18)9-12(13-3-2-8-21-13)17-15(19)10-4-6-11(16)7-5-10/h2-8,12H,9H2,1H3,(H,17,19). The predicted molar refractivity (Wildman–Crippen MR) is 77.6 cm³/mol. The summed E-state index contributed by atoms with van der Waals surface area (Å²) < 4.78 is 17.5. The minimum absolute atomic E-state index is 0.0456. The van der Waals surface area contributed by atoms with Crippen molar-refractivity contribution in [1.82, 2.24) is 5.32 Å². The SMILES string of the molecule is COC(=O)CC(NC(=O)c1ccc(F)cc1)c1cccs1. The molecule has 0 fully saturated rings. The van der Waals surface area contributed by atoms with Crippen LogP contribution in [0.25, 0.3) is 0 Å². The highest BCUT2D eigenvalue weighted by Crippen LogP contribution is 2.23. The number of hydrogen-bond donors (Lipinski definition) is 1. The number of carbonyl (C=O) groups is 2. The van der Waals surface area contributed by atoms with Gasteiger partial charge in [0, 0.05) is 10.4 Å². The fourth-order valence-corrected chi connectivity index (χ4v) is 2.58. The number of halogens is 1. The van der Waals surface area contributed by atoms with E-state index in [1.54, 1.807) is 0 Å². The molecule has 21 heavy (non-hydrogen) atoms. The number of rotatable bonds is 5. The number of amides is 1. The Morgan fingerprint density at radius 2 is 2.00 bits per heavy atom. The van der Waals surface area contributed by atoms with Gasteiger partial charge in [-0.25, -0.2) is 4.39 Å². The van der Waals surface area contributed by atoms with E-state index in [2.05, 4.69) is 10.1 Å². The molecule has 1 amide bonds. The lowest BCUT2D eigenvalue weighted by molar-refractivity contribution is -0.141. The van der Waals surface area contributed by atoms with Crippen molar-refractivity contribution in [2.45, 2.75) is 12.5 Å². The third-order valence-electron chi connectivity index (χ3n) is 2.90. The van der Waals surface area contributed by atoms with Gasteiger partial charge in [0.2, 0.25) is 0 Å². The van der Waals surface area contributed by atoms with Crippen molar-refractivity contribution in [1.29, 1.82) is 0 Å². The monoisotopic (exact) mass is 307 g/mol. The second-order valence-corrected chi connectivity index (χ2v) is 5.31. The summed E-state index contributed by atoms with van der Waals surface area (Å²) in [5.41, 5.74) is 0.336. The first kappa shape index (κ1) is 15.2. The normalized spacial score (nSPS) is 11.7. The highest BCUT2D eigenvalue weighted by Gasteiger charge is 2.20. The molecule has 0 saturated carbocycles. The summed E-state index contributed by atoms with van der Waals surface area (Å²) in [6.45, 7) is 0. The minimum atomic E-state index is -0.463. The predicted octanol–water partition coefficient (Wildman–Crippen LogP) is 2.92. The zero-order valence-electron chi connectivity index (χ0n) is 11.3. The molecule has 0 aliphatic heterocycles. The second-order valence-electron chi connectivity index (χ2n) is 4.33. The average molecular weight is 307 g/mol. The molecule has 6 heteroatoms. The van der Waals surface area contributed by atoms with Gasteiger partial charge in [-0.3, -0.25) is 9.59 Å². The summed E-state index contributed by atoms with van der Waals surface area (Å²) in [5, 5.41) is 4.63. The first-order valence-electron chi connectivity index (χ1n) is 6.27. The lowest BCUT2D eigenvalue weighted by atomic mass is 10.1. The highest BCUT2D eigenvalue weighted by atomic mass is 32.1. The Hall–Kier alpha value is -2.21. The van der Waals surface area contributed by atoms with Gasteiger partial charge in [0.15, 0.2) is 0 Å². The van der Waals surface area contributed by atoms with Crippen molar-refractivity contribution in [3.8, 4) is 0 Å². The maximum absolute atomic E-state index is 12.9. The molecule has 0 saturated heterocycles. The topological polar surface area (TPSA) is 55.4 Å². The fraction of sp³-hybridized carbons (Fsp3) is 0.200. The molecule has 1 N–H and O–H groups in total. The van der Waals surface area contributed by atoms with Gasteiger partial charge in [0.05, 0.1) is 19.6 Å². The number of nitrogens with one attached hydrogen (secondary N) is 1. The first-order chi connectivity index (χ1) is 10.1. The van der Waals surface area contributed by atoms with Gasteiger partial charge < -0.3 is 10.1 Å². The third kappa shape index (κ3) is 4.13. The van der Waals surface area contributed by atoms with Crippen molar-refractivity contribution in [3.05, 3.63) is 58.0 Å². The van der Waals surface area contributed by atoms with Crippen LogP contribution in [-0.2, 0) is 9.53 Å². The van der Waals surface area contributed by atoms with E-state index in [9.17, 15) is 14.0 Å². The summed E-state index contributed by atoms with van der Waals surface area (Å²) in [5.74, 6) is -1.18. The number of benzene rings is 1. The maximum Gasteiger partial charge on any atom is 0.307 e. The number of carbonyl (C=O) groups excluding carboxylic acids is 2. The Kier molecular flexibility index (Phi) is 5.05. The molecule has 1 unspecified atom stereocenters. The molecule has 4 nitrogen and oxygen atoms in total. The number of methoxy groups -OCH3 is 1. The van der Waals surface area contributed by atoms with Gasteiger partial charge in [0.1, 0.15) is 5.82 Å². The Morgan fingerprint density at radius 3 is 2.57 bits per heavy atom. The molecule has 1 aromatic carbocycles. The molecule has 2 aromatic rings. The molecule has 110 valence electrons. The van der Waals surface area contributed by atoms with Gasteiger partial charge >= 0.3 is 5.97 Å². The lowest BCUT2D eigenvalue weighted by Gasteiger charge is -2.16. The van der Waals surface area contributed by atoms with Crippen LogP contribution in [0.4, 0.5) is 4.39 Å². The zero-order chi connectivity index (χ0) is 15.2. The Labute approximate surface area is 125 Å². The Morgan fingerprint density at radius 1 is 1.29 bits per heavy atom. The van der Waals surface area contributed by atoms with Crippen molar-refractivity contribution in [2.24, 2.45) is 0 Å². The van der Waals surface area contributed by atoms with Crippen molar-refractivity contribution < 1.29 is 18.7 Å². The van der Waals surface area contributed by atoms with E-state index >= 15 is 0 Å². The van der Waals surface area contributed by atoms with Crippen LogP contribution in [0.2, 0.25) is 0 Å². The van der Waals surface area contributed by atoms with E-state index in [-0.39, 0.29) is 12.3 Å². The van der Waals surface area contributed by atoms with Crippen molar-refractivity contribution >= 4 is 23.2 Å². The summed E-state index contributed by atoms with van der Waals surface area (Å²) >= 11 is 1.44. The molecule has 0 bridgehead atoms. The zero-order valence-corrected chi connectivity index (χ0v) is 12.2. The average Bonchev–Trinajstić information content (AvgIpc) is 3.01. The molecule has 0 radical (unpaired) electrons. The number of ether oxygens (including phenoxy) is 1. The van der Waals surface area contributed by atoms with Gasteiger partial charge in [0.25, 0.3) is 5.91 Å². The van der Waals surface area contributed by atoms with Crippen LogP contribution in [0.15, 0.2) is 41.8 Å². The van der Waals surface area contributed by atoms with Crippen LogP contribution in [0, 0.1) is 5.82 Å². The smallest absolute Gasteiger partial charge is 0.307 e. The van der Waals surface area contributed by atoms with Crippen LogP contribution >= 0.6 is 11.3 Å². The molecular weight excluding hydrogens is 293 g/mol. The highest BCUT2D eigenvalue weighted by molar-refractivity contribution is 7.10. The van der Waals surface area contributed by atoms with Crippen molar-refractivity contribution in [2.75, 3.05) is 7.11 Å². The van der Waals surface area contributed by atoms with Crippen LogP contribution in [0.5, 0.6) is 0 Å². The summed E-state index contributed by atoms with van der Waals surface area (Å²) in [6, 6.07) is 8.44. The third-order valence-corrected chi connectivity index (χ3v) is 3.88. The van der Waals surface area contributed by atoms with Gasteiger partial charge in [-0.1, -0.05) is 6.07 Å². The molecule has 1 atom stereocenters. The van der Waals surface area contributed by atoms with Crippen LogP contribution in [-0.4, -0.2) is 19.0 Å². The minimum Gasteiger partial charge on any atom is -0.469 e. The second kappa shape index (κ2) is 6.99. The van der Waals surface area contributed by atoms with Crippen LogP contribution < -0.4 is 5.32 Å². The van der Waals surface area contributed by atoms with E-state index in [0.29, 0.717) is 5.56 Å². The molecular formula is C15H14FNO3S. The van der Waals surface area contributed by atoms with Gasteiger partial charge in [-0.05, 0) is 35.7 Å². The Balaban J connectivity index is 2.12. The maximum atomic E-state index is 12.9. The molecule has 0 aliphatic carbocycles. The first-order valence-corrected chi connectivity index (χ1v) is 7.14. The van der Waals surface area contributed by atoms with Crippen molar-refractivity contribution in [3.63, 3.8) is 0 Å². The van der Waals surface area contributed by atoms with E-state index in [0.717, 1.165) is 4.88 Å². The van der Waals surface area contributed by atoms with Gasteiger partial charge in [-0.2, -0.15) is 0 Å². The summed E-state index contributed by atoms with van der Waals surface area (Å²) in [4.78, 5) is 24.5. The molecule has 2 rings (SSSR count). The van der Waals surface area contributed by atoms with E-state index < -0.39 is 17.8 Å². The van der Waals surface area contributed by atoms with Gasteiger partial charge in [-0.15, -0.1) is 11.3 Å². The molecule has 0 spiro atoms. The largest absolute Gasteiger partial charge is 0.469 e. The van der Waals surface area contributed by atoms with Crippen LogP contribution in [0.1, 0.15) is 27.7 Å². The lowest BCUT2D eigenvalue weighted by Crippen LogP contribution is -2.30. The number of thiophene rings is 1. The van der Waals surface area contributed by atoms with E-state index in [4.69, 9.17) is 0 Å². The summed E-state index contributed by atoms with van der Waals surface area (Å²) in [6.07, 6.45) is 0.0456. The fourth-order valence-electron chi connectivity index (χ4n) is 1.81. The molecule has 1 aromatic heterocycles. The quantitative estimate of drug-likeness (QED) is 0.864. The number of esters is 1. The molecule has 0 aliphatic rings. The molecule has 1 heterocycles. The van der Waals surface area contributed by atoms with Crippen LogP contribution in [0.3, 0.4) is 0 Å².